The first-order chi connectivity index (χ1) is 26.3. The highest BCUT2D eigenvalue weighted by molar-refractivity contribution is 5.93. The number of alkyl carbamates (subject to hydrolysis) is 1. The number of nitrogens with two attached hydrogens (primary N) is 1. The van der Waals surface area contributed by atoms with Gasteiger partial charge >= 0.3 is 6.09 Å². The van der Waals surface area contributed by atoms with Crippen molar-refractivity contribution in [2.24, 2.45) is 5.73 Å². The van der Waals surface area contributed by atoms with Gasteiger partial charge in [0.15, 0.2) is 0 Å². The average Bonchev–Trinajstić information content (AvgIpc) is 3.15. The fourth-order valence-electron chi connectivity index (χ4n) is 6.37. The third-order valence-electron chi connectivity index (χ3n) is 9.50. The van der Waals surface area contributed by atoms with E-state index in [1.165, 1.54) is 0 Å². The van der Waals surface area contributed by atoms with Crippen molar-refractivity contribution in [3.8, 4) is 0 Å². The van der Waals surface area contributed by atoms with E-state index >= 15 is 0 Å². The zero-order chi connectivity index (χ0) is 39.4. The maximum Gasteiger partial charge on any atom is 0.408 e. The predicted octanol–water partition coefficient (Wildman–Crippen LogP) is 2.91. The fraction of sp³-hybridized carbons (Fsp3) is 0.439. The largest absolute Gasteiger partial charge is 0.444 e. The van der Waals surface area contributed by atoms with Crippen LogP contribution in [0.1, 0.15) is 55.9 Å². The van der Waals surface area contributed by atoms with Crippen LogP contribution in [0.4, 0.5) is 16.2 Å². The van der Waals surface area contributed by atoms with E-state index in [2.05, 4.69) is 36.4 Å². The minimum Gasteiger partial charge on any atom is -0.444 e. The number of carbonyl (C=O) groups excluding carboxylic acids is 5. The number of carbonyl (C=O) groups is 5. The van der Waals surface area contributed by atoms with Gasteiger partial charge in [-0.25, -0.2) is 4.79 Å². The summed E-state index contributed by atoms with van der Waals surface area (Å²) in [7, 11) is 0. The lowest BCUT2D eigenvalue weighted by Gasteiger charge is -2.34. The molecule has 3 aromatic rings. The van der Waals surface area contributed by atoms with Gasteiger partial charge in [-0.15, -0.1) is 0 Å². The Morgan fingerprint density at radius 1 is 0.727 bits per heavy atom. The second kappa shape index (κ2) is 19.3. The summed E-state index contributed by atoms with van der Waals surface area (Å²) in [5.41, 5.74) is 9.45. The Labute approximate surface area is 322 Å². The van der Waals surface area contributed by atoms with E-state index in [0.717, 1.165) is 42.9 Å². The Morgan fingerprint density at radius 3 is 1.71 bits per heavy atom. The monoisotopic (exact) mass is 754 g/mol. The van der Waals surface area contributed by atoms with Crippen molar-refractivity contribution in [2.75, 3.05) is 49.9 Å². The molecule has 0 aliphatic carbocycles. The Bertz CT molecular complexity index is 1770. The number of ether oxygens (including phenoxy) is 1. The number of nitrogens with one attached hydrogen (secondary N) is 5. The molecule has 294 valence electrons. The maximum absolute atomic E-state index is 14.0. The number of amides is 5. The van der Waals surface area contributed by atoms with Gasteiger partial charge in [-0.3, -0.25) is 19.2 Å². The fourth-order valence-corrected chi connectivity index (χ4v) is 6.37. The smallest absolute Gasteiger partial charge is 0.408 e. The summed E-state index contributed by atoms with van der Waals surface area (Å²) in [6.07, 6.45) is 0.112. The van der Waals surface area contributed by atoms with E-state index in [1.54, 1.807) is 57.2 Å². The van der Waals surface area contributed by atoms with Gasteiger partial charge in [0, 0.05) is 89.4 Å². The lowest BCUT2D eigenvalue weighted by Crippen LogP contribution is -2.55. The van der Waals surface area contributed by atoms with Gasteiger partial charge in [-0.1, -0.05) is 48.5 Å². The van der Waals surface area contributed by atoms with Crippen LogP contribution < -0.4 is 32.3 Å². The van der Waals surface area contributed by atoms with E-state index in [1.807, 2.05) is 36.4 Å². The van der Waals surface area contributed by atoms with Crippen LogP contribution in [0.25, 0.3) is 0 Å². The van der Waals surface area contributed by atoms with E-state index in [9.17, 15) is 24.0 Å². The molecule has 55 heavy (non-hydrogen) atoms. The van der Waals surface area contributed by atoms with Gasteiger partial charge in [-0.05, 0) is 67.3 Å². The molecule has 5 aliphatic rings. The minimum atomic E-state index is -1.11. The molecule has 0 aromatic heterocycles. The summed E-state index contributed by atoms with van der Waals surface area (Å²) in [5.74, 6) is -1.21. The van der Waals surface area contributed by atoms with Gasteiger partial charge in [0.1, 0.15) is 17.7 Å². The normalized spacial score (nSPS) is 21.6. The molecule has 7 N–H and O–H groups in total. The molecule has 14 nitrogen and oxygen atoms in total. The number of rotatable bonds is 5. The van der Waals surface area contributed by atoms with E-state index in [4.69, 9.17) is 10.5 Å². The van der Waals surface area contributed by atoms with Crippen LogP contribution in [0.3, 0.4) is 0 Å². The summed E-state index contributed by atoms with van der Waals surface area (Å²) in [5, 5.41) is 14.4. The number of anilines is 2. The molecule has 8 rings (SSSR count). The Kier molecular flexibility index (Phi) is 14.4. The zero-order valence-electron chi connectivity index (χ0n) is 32.0. The van der Waals surface area contributed by atoms with Gasteiger partial charge < -0.3 is 46.9 Å². The number of hydrogen-bond donors (Lipinski definition) is 6. The molecule has 5 heterocycles. The molecular formula is C41H54N8O6. The van der Waals surface area contributed by atoms with Crippen LogP contribution >= 0.6 is 0 Å². The molecule has 14 heteroatoms. The van der Waals surface area contributed by atoms with Gasteiger partial charge in [0.2, 0.25) is 23.6 Å². The maximum atomic E-state index is 14.0. The molecule has 5 aliphatic heterocycles. The van der Waals surface area contributed by atoms with E-state index in [-0.39, 0.29) is 31.2 Å². The molecule has 0 radical (unpaired) electrons. The van der Waals surface area contributed by atoms with Crippen molar-refractivity contribution >= 4 is 41.1 Å². The highest BCUT2D eigenvalue weighted by Crippen LogP contribution is 2.16. The van der Waals surface area contributed by atoms with Crippen molar-refractivity contribution < 1.29 is 28.7 Å². The highest BCUT2D eigenvalue weighted by atomic mass is 16.6. The predicted molar refractivity (Wildman–Crippen MR) is 211 cm³/mol. The van der Waals surface area contributed by atoms with Crippen LogP contribution in [0.15, 0.2) is 72.8 Å². The molecular weight excluding hydrogens is 701 g/mol. The Hall–Kier alpha value is -5.31. The third kappa shape index (κ3) is 13.5. The van der Waals surface area contributed by atoms with Crippen LogP contribution in [0, 0.1) is 0 Å². The van der Waals surface area contributed by atoms with Crippen LogP contribution in [0.5, 0.6) is 0 Å². The first-order valence-electron chi connectivity index (χ1n) is 18.9. The van der Waals surface area contributed by atoms with Crippen molar-refractivity contribution in [3.63, 3.8) is 0 Å². The first-order valence-corrected chi connectivity index (χ1v) is 18.9. The van der Waals surface area contributed by atoms with Crippen molar-refractivity contribution in [1.82, 2.24) is 25.8 Å². The first kappa shape index (κ1) is 40.9. The molecule has 0 unspecified atom stereocenters. The molecule has 6 bridgehead atoms. The number of fused-ring (bicyclic) bond motifs is 3. The van der Waals surface area contributed by atoms with Crippen LogP contribution in [0.2, 0.25) is 0 Å². The summed E-state index contributed by atoms with van der Waals surface area (Å²) in [4.78, 5) is 71.0. The zero-order valence-corrected chi connectivity index (χ0v) is 32.0. The molecule has 1 saturated heterocycles. The van der Waals surface area contributed by atoms with Crippen molar-refractivity contribution in [2.45, 2.75) is 77.2 Å². The van der Waals surface area contributed by atoms with E-state index < -0.39 is 35.6 Å². The molecule has 1 fully saturated rings. The summed E-state index contributed by atoms with van der Waals surface area (Å²) >= 11 is 0. The highest BCUT2D eigenvalue weighted by Gasteiger charge is 2.29. The SMILES string of the molecule is CC(C)(C)OC(=O)N[C@@H]1Cc2ccc(cc2)NC(=O)CCN2CCN(CCC(=O)Nc3ccc(cc3)C[C@@H](C(=O)NCc3ccc(CN)cc3)NC1=O)CC2. The second-order valence-corrected chi connectivity index (χ2v) is 15.1. The molecule has 2 atom stereocenters. The molecule has 0 spiro atoms. The van der Waals surface area contributed by atoms with Crippen molar-refractivity contribution in [3.05, 3.63) is 95.1 Å². The topological polar surface area (TPSA) is 187 Å². The lowest BCUT2D eigenvalue weighted by molar-refractivity contribution is -0.130. The second-order valence-electron chi connectivity index (χ2n) is 15.1. The minimum absolute atomic E-state index is 0.0848. The van der Waals surface area contributed by atoms with Gasteiger partial charge in [0.25, 0.3) is 0 Å². The number of hydrogen-bond acceptors (Lipinski definition) is 9. The number of benzene rings is 3. The summed E-state index contributed by atoms with van der Waals surface area (Å²) in [6, 6.07) is 19.7. The number of piperazine rings is 1. The molecule has 5 amide bonds. The van der Waals surface area contributed by atoms with Crippen LogP contribution in [-0.2, 0) is 49.8 Å². The Balaban J connectivity index is 1.39. The lowest BCUT2D eigenvalue weighted by atomic mass is 10.0. The van der Waals surface area contributed by atoms with E-state index in [0.29, 0.717) is 49.4 Å². The quantitative estimate of drug-likeness (QED) is 0.228. The van der Waals surface area contributed by atoms with Crippen molar-refractivity contribution in [1.29, 1.82) is 0 Å². The summed E-state index contributed by atoms with van der Waals surface area (Å²) < 4.78 is 5.49. The Morgan fingerprint density at radius 2 is 1.22 bits per heavy atom. The molecule has 0 saturated carbocycles. The third-order valence-corrected chi connectivity index (χ3v) is 9.50. The van der Waals surface area contributed by atoms with Crippen LogP contribution in [-0.4, -0.2) is 96.5 Å². The van der Waals surface area contributed by atoms with Gasteiger partial charge in [-0.2, -0.15) is 0 Å². The standard InChI is InChI=1S/C41H54N8O6/c1-41(2,3)55-40(54)47-35-25-29-10-14-33(15-11-29)45-37(51)17-19-49-22-20-48(21-23-49)18-16-36(50)44-32-12-8-28(9-13-32)24-34(46-39(35)53)38(52)43-27-31-6-4-30(26-42)5-7-31/h4-15,34-35H,16-27,42H2,1-3H3,(H,43,52)(H,44,50)(H,45,51)(H,46,53)(H,47,54)/t34-,35+/m0/s1. The van der Waals surface area contributed by atoms with Gasteiger partial charge in [0.05, 0.1) is 0 Å². The number of nitrogens with zero attached hydrogens (tertiary/aromatic N) is 2. The summed E-state index contributed by atoms with van der Waals surface area (Å²) in [6.45, 7) is 10.3. The average molecular weight is 755 g/mol. The molecule has 3 aromatic carbocycles.